The van der Waals surface area contributed by atoms with Gasteiger partial charge in [0.2, 0.25) is 0 Å². The molecule has 0 aliphatic carbocycles. The molecule has 0 aliphatic heterocycles. The van der Waals surface area contributed by atoms with Gasteiger partial charge in [-0.15, -0.1) is 11.3 Å². The lowest BCUT2D eigenvalue weighted by molar-refractivity contribution is -0.123. The minimum Gasteiger partial charge on any atom is -0.483 e. The number of amides is 1. The van der Waals surface area contributed by atoms with Gasteiger partial charge in [-0.3, -0.25) is 4.79 Å². The van der Waals surface area contributed by atoms with E-state index < -0.39 is 0 Å². The van der Waals surface area contributed by atoms with Crippen LogP contribution >= 0.6 is 11.3 Å². The topological polar surface area (TPSA) is 51.2 Å². The largest absolute Gasteiger partial charge is 0.483 e. The van der Waals surface area contributed by atoms with Gasteiger partial charge >= 0.3 is 0 Å². The fourth-order valence-electron chi connectivity index (χ4n) is 3.06. The van der Waals surface area contributed by atoms with Crippen molar-refractivity contribution < 1.29 is 9.53 Å². The van der Waals surface area contributed by atoms with Gasteiger partial charge in [0.15, 0.2) is 6.61 Å². The van der Waals surface area contributed by atoms with Gasteiger partial charge in [0.05, 0.1) is 12.2 Å². The number of rotatable bonds is 6. The summed E-state index contributed by atoms with van der Waals surface area (Å²) in [4.78, 5) is 16.9. The molecular formula is C24H28N2O2S. The van der Waals surface area contributed by atoms with E-state index >= 15 is 0 Å². The van der Waals surface area contributed by atoms with Gasteiger partial charge in [0, 0.05) is 10.9 Å². The number of thiazole rings is 1. The molecule has 4 nitrogen and oxygen atoms in total. The SMILES string of the molecule is Cc1ccc(OCC(=O)NCc2csc(-c3ccccc3C)n2)c(C(C)(C)C)c1. The first-order valence-corrected chi connectivity index (χ1v) is 10.6. The summed E-state index contributed by atoms with van der Waals surface area (Å²) >= 11 is 1.59. The average molecular weight is 409 g/mol. The second kappa shape index (κ2) is 8.78. The Balaban J connectivity index is 1.57. The number of aromatic nitrogens is 1. The van der Waals surface area contributed by atoms with Crippen LogP contribution < -0.4 is 10.1 Å². The maximum atomic E-state index is 12.3. The predicted molar refractivity (Wildman–Crippen MR) is 120 cm³/mol. The summed E-state index contributed by atoms with van der Waals surface area (Å²) in [5.74, 6) is 0.602. The molecule has 0 spiro atoms. The molecule has 1 heterocycles. The summed E-state index contributed by atoms with van der Waals surface area (Å²) in [5.41, 5.74) is 5.41. The van der Waals surface area contributed by atoms with Crippen LogP contribution in [-0.4, -0.2) is 17.5 Å². The number of ether oxygens (including phenoxy) is 1. The lowest BCUT2D eigenvalue weighted by Crippen LogP contribution is -2.29. The zero-order valence-corrected chi connectivity index (χ0v) is 18.5. The molecule has 3 rings (SSSR count). The Hall–Kier alpha value is -2.66. The first-order chi connectivity index (χ1) is 13.7. The zero-order chi connectivity index (χ0) is 21.0. The van der Waals surface area contributed by atoms with Crippen molar-refractivity contribution in [2.45, 2.75) is 46.6 Å². The molecule has 1 amide bonds. The molecule has 0 fully saturated rings. The van der Waals surface area contributed by atoms with E-state index in [1.54, 1.807) is 11.3 Å². The van der Waals surface area contributed by atoms with Crippen LogP contribution in [0, 0.1) is 13.8 Å². The molecule has 1 N–H and O–H groups in total. The highest BCUT2D eigenvalue weighted by Gasteiger charge is 2.19. The van der Waals surface area contributed by atoms with Gasteiger partial charge < -0.3 is 10.1 Å². The van der Waals surface area contributed by atoms with Gasteiger partial charge in [-0.1, -0.05) is 62.7 Å². The van der Waals surface area contributed by atoms with Gasteiger partial charge in [-0.2, -0.15) is 0 Å². The summed E-state index contributed by atoms with van der Waals surface area (Å²) in [6.45, 7) is 10.9. The maximum absolute atomic E-state index is 12.3. The van der Waals surface area contributed by atoms with Gasteiger partial charge in [-0.05, 0) is 36.5 Å². The summed E-state index contributed by atoms with van der Waals surface area (Å²) in [5, 5.41) is 5.86. The third-order valence-corrected chi connectivity index (χ3v) is 5.62. The highest BCUT2D eigenvalue weighted by atomic mass is 32.1. The number of aryl methyl sites for hydroxylation is 2. The lowest BCUT2D eigenvalue weighted by Gasteiger charge is -2.23. The number of benzene rings is 2. The summed E-state index contributed by atoms with van der Waals surface area (Å²) in [6.07, 6.45) is 0. The van der Waals surface area contributed by atoms with E-state index in [0.29, 0.717) is 6.54 Å². The van der Waals surface area contributed by atoms with Crippen molar-refractivity contribution in [3.05, 3.63) is 70.2 Å². The third kappa shape index (κ3) is 5.45. The Morgan fingerprint density at radius 2 is 1.90 bits per heavy atom. The molecule has 2 aromatic carbocycles. The van der Waals surface area contributed by atoms with E-state index in [1.807, 2.05) is 29.6 Å². The van der Waals surface area contributed by atoms with Crippen LogP contribution in [0.3, 0.4) is 0 Å². The number of hydrogen-bond acceptors (Lipinski definition) is 4. The van der Waals surface area contributed by atoms with Crippen molar-refractivity contribution in [1.29, 1.82) is 0 Å². The normalized spacial score (nSPS) is 11.3. The minimum absolute atomic E-state index is 0.0130. The van der Waals surface area contributed by atoms with E-state index in [1.165, 1.54) is 11.1 Å². The molecule has 0 bridgehead atoms. The van der Waals surface area contributed by atoms with Crippen LogP contribution in [-0.2, 0) is 16.8 Å². The highest BCUT2D eigenvalue weighted by molar-refractivity contribution is 7.13. The monoisotopic (exact) mass is 408 g/mol. The Bertz CT molecular complexity index is 1000. The van der Waals surface area contributed by atoms with Crippen molar-refractivity contribution >= 4 is 17.2 Å². The molecule has 0 saturated heterocycles. The van der Waals surface area contributed by atoms with Gasteiger partial charge in [0.1, 0.15) is 10.8 Å². The maximum Gasteiger partial charge on any atom is 0.258 e. The quantitative estimate of drug-likeness (QED) is 0.592. The molecule has 3 aromatic rings. The number of carbonyl (C=O) groups excluding carboxylic acids is 1. The van der Waals surface area contributed by atoms with Crippen molar-refractivity contribution in [1.82, 2.24) is 10.3 Å². The van der Waals surface area contributed by atoms with E-state index in [9.17, 15) is 4.79 Å². The first kappa shape index (κ1) is 21.1. The second-order valence-electron chi connectivity index (χ2n) is 8.27. The van der Waals surface area contributed by atoms with Crippen LogP contribution in [0.2, 0.25) is 0 Å². The van der Waals surface area contributed by atoms with Crippen LogP contribution in [0.1, 0.15) is 43.2 Å². The molecule has 1 aromatic heterocycles. The van der Waals surface area contributed by atoms with Crippen molar-refractivity contribution in [3.8, 4) is 16.3 Å². The molecule has 0 radical (unpaired) electrons. The Morgan fingerprint density at radius 3 is 2.62 bits per heavy atom. The molecular weight excluding hydrogens is 380 g/mol. The predicted octanol–water partition coefficient (Wildman–Crippen LogP) is 5.42. The third-order valence-electron chi connectivity index (χ3n) is 4.70. The molecule has 0 saturated carbocycles. The van der Waals surface area contributed by atoms with Crippen LogP contribution in [0.5, 0.6) is 5.75 Å². The summed E-state index contributed by atoms with van der Waals surface area (Å²) in [7, 11) is 0. The average Bonchev–Trinajstić information content (AvgIpc) is 3.14. The fourth-order valence-corrected chi connectivity index (χ4v) is 3.97. The van der Waals surface area contributed by atoms with Crippen LogP contribution in [0.25, 0.3) is 10.6 Å². The second-order valence-corrected chi connectivity index (χ2v) is 9.13. The number of nitrogens with zero attached hydrogens (tertiary/aromatic N) is 1. The van der Waals surface area contributed by atoms with Gasteiger partial charge in [-0.25, -0.2) is 4.98 Å². The first-order valence-electron chi connectivity index (χ1n) is 9.75. The Labute approximate surface area is 177 Å². The Morgan fingerprint density at radius 1 is 1.14 bits per heavy atom. The van der Waals surface area contributed by atoms with Crippen molar-refractivity contribution in [2.24, 2.45) is 0 Å². The lowest BCUT2D eigenvalue weighted by atomic mass is 9.85. The zero-order valence-electron chi connectivity index (χ0n) is 17.7. The fraction of sp³-hybridized carbons (Fsp3) is 0.333. The molecule has 0 atom stereocenters. The number of carbonyl (C=O) groups is 1. The number of hydrogen-bond donors (Lipinski definition) is 1. The van der Waals surface area contributed by atoms with Crippen molar-refractivity contribution in [3.63, 3.8) is 0 Å². The summed E-state index contributed by atoms with van der Waals surface area (Å²) < 4.78 is 5.83. The van der Waals surface area contributed by atoms with E-state index in [4.69, 9.17) is 4.74 Å². The van der Waals surface area contributed by atoms with E-state index in [-0.39, 0.29) is 17.9 Å². The summed E-state index contributed by atoms with van der Waals surface area (Å²) in [6, 6.07) is 14.2. The number of nitrogens with one attached hydrogen (secondary N) is 1. The van der Waals surface area contributed by atoms with Crippen molar-refractivity contribution in [2.75, 3.05) is 6.61 Å². The highest BCUT2D eigenvalue weighted by Crippen LogP contribution is 2.32. The molecule has 5 heteroatoms. The molecule has 152 valence electrons. The van der Waals surface area contributed by atoms with E-state index in [0.717, 1.165) is 27.6 Å². The molecule has 29 heavy (non-hydrogen) atoms. The van der Waals surface area contributed by atoms with Crippen LogP contribution in [0.15, 0.2) is 47.8 Å². The van der Waals surface area contributed by atoms with E-state index in [2.05, 4.69) is 63.1 Å². The Kier molecular flexibility index (Phi) is 6.38. The molecule has 0 aliphatic rings. The minimum atomic E-state index is -0.157. The van der Waals surface area contributed by atoms with Crippen LogP contribution in [0.4, 0.5) is 0 Å². The standard InChI is InChI=1S/C24H28N2O2S/c1-16-10-11-21(20(12-16)24(3,4)5)28-14-22(27)25-13-18-15-29-23(26-18)19-9-7-6-8-17(19)2/h6-12,15H,13-14H2,1-5H3,(H,25,27). The smallest absolute Gasteiger partial charge is 0.258 e. The van der Waals surface area contributed by atoms with Gasteiger partial charge in [0.25, 0.3) is 5.91 Å². The molecule has 0 unspecified atom stereocenters.